The third-order valence-electron chi connectivity index (χ3n) is 11.7. The number of hydrogen-bond acceptors (Lipinski definition) is 0. The molecule has 0 spiro atoms. The molecular formula is C40H80. The fourth-order valence-corrected chi connectivity index (χ4v) is 8.35. The van der Waals surface area contributed by atoms with Crippen LogP contribution in [-0.4, -0.2) is 0 Å². The molecule has 0 aliphatic heterocycles. The Morgan fingerprint density at radius 2 is 0.475 bits per heavy atom. The van der Waals surface area contributed by atoms with Crippen molar-refractivity contribution in [2.24, 2.45) is 71.0 Å². The summed E-state index contributed by atoms with van der Waals surface area (Å²) in [6.07, 6.45) is 23.7. The third-order valence-corrected chi connectivity index (χ3v) is 11.7. The summed E-state index contributed by atoms with van der Waals surface area (Å²) in [5.41, 5.74) is 0. The van der Waals surface area contributed by atoms with Gasteiger partial charge in [-0.1, -0.05) is 160 Å². The van der Waals surface area contributed by atoms with E-state index in [-0.39, 0.29) is 0 Å². The lowest BCUT2D eigenvalue weighted by atomic mass is 9.77. The van der Waals surface area contributed by atoms with Gasteiger partial charge < -0.3 is 0 Å². The highest BCUT2D eigenvalue weighted by molar-refractivity contribution is 4.74. The molecule has 0 unspecified atom stereocenters. The maximum Gasteiger partial charge on any atom is -0.0389 e. The van der Waals surface area contributed by atoms with Gasteiger partial charge in [-0.2, -0.15) is 0 Å². The lowest BCUT2D eigenvalue weighted by Crippen LogP contribution is -2.17. The highest BCUT2D eigenvalue weighted by Crippen LogP contribution is 2.35. The minimum absolute atomic E-state index is 0.919. The average molecular weight is 561 g/mol. The van der Waals surface area contributed by atoms with Crippen molar-refractivity contribution < 1.29 is 0 Å². The van der Waals surface area contributed by atoms with Gasteiger partial charge in [0.25, 0.3) is 0 Å². The van der Waals surface area contributed by atoms with Crippen molar-refractivity contribution in [2.75, 3.05) is 0 Å². The zero-order valence-electron chi connectivity index (χ0n) is 30.2. The van der Waals surface area contributed by atoms with Crippen LogP contribution in [0.1, 0.15) is 186 Å². The number of rotatable bonds is 4. The molecule has 4 rings (SSSR count). The molecule has 4 fully saturated rings. The SMILES string of the molecule is CC(C)[C@@H]1CCC[C@@H](C)C1.CC(C)[C@@H]1CCC[C@H](C)C1.CC(C)[C@H]1CCC[C@@H](C)C1.CC(C)[C@H]1CCC[C@H](C)C1. The molecule has 0 bridgehead atoms. The van der Waals surface area contributed by atoms with Crippen LogP contribution in [0.25, 0.3) is 0 Å². The van der Waals surface area contributed by atoms with Gasteiger partial charge in [0.2, 0.25) is 0 Å². The predicted molar refractivity (Wildman–Crippen MR) is 184 cm³/mol. The first-order valence-electron chi connectivity index (χ1n) is 18.8. The fourth-order valence-electron chi connectivity index (χ4n) is 8.35. The summed E-state index contributed by atoms with van der Waals surface area (Å²) >= 11 is 0. The van der Waals surface area contributed by atoms with Crippen molar-refractivity contribution in [1.82, 2.24) is 0 Å². The fraction of sp³-hybridized carbons (Fsp3) is 1.00. The van der Waals surface area contributed by atoms with Gasteiger partial charge in [-0.3, -0.25) is 0 Å². The van der Waals surface area contributed by atoms with Crippen LogP contribution in [0.2, 0.25) is 0 Å². The van der Waals surface area contributed by atoms with Crippen LogP contribution in [-0.2, 0) is 0 Å². The first-order chi connectivity index (χ1) is 18.8. The second-order valence-electron chi connectivity index (χ2n) is 17.1. The minimum atomic E-state index is 0.919. The van der Waals surface area contributed by atoms with E-state index in [1.807, 2.05) is 0 Å². The summed E-state index contributed by atoms with van der Waals surface area (Å²) in [7, 11) is 0. The van der Waals surface area contributed by atoms with Gasteiger partial charge in [-0.05, 0) is 96.7 Å². The summed E-state index contributed by atoms with van der Waals surface area (Å²) in [6, 6.07) is 0. The predicted octanol–water partition coefficient (Wildman–Crippen LogP) is 13.9. The van der Waals surface area contributed by atoms with E-state index in [4.69, 9.17) is 0 Å². The van der Waals surface area contributed by atoms with Gasteiger partial charge >= 0.3 is 0 Å². The van der Waals surface area contributed by atoms with Crippen LogP contribution in [0.5, 0.6) is 0 Å². The Morgan fingerprint density at radius 3 is 0.575 bits per heavy atom. The summed E-state index contributed by atoms with van der Waals surface area (Å²) in [4.78, 5) is 0. The Morgan fingerprint density at radius 1 is 0.300 bits per heavy atom. The molecule has 0 N–H and O–H groups in total. The van der Waals surface area contributed by atoms with E-state index < -0.39 is 0 Å². The molecule has 240 valence electrons. The van der Waals surface area contributed by atoms with Crippen LogP contribution < -0.4 is 0 Å². The van der Waals surface area contributed by atoms with Crippen molar-refractivity contribution in [3.8, 4) is 0 Å². The maximum absolute atomic E-state index is 2.40. The van der Waals surface area contributed by atoms with Gasteiger partial charge in [-0.15, -0.1) is 0 Å². The summed E-state index contributed by atoms with van der Waals surface area (Å²) in [6.45, 7) is 28.5. The Bertz CT molecular complexity index is 481. The van der Waals surface area contributed by atoms with Crippen molar-refractivity contribution >= 4 is 0 Å². The molecule has 0 nitrogen and oxygen atoms in total. The van der Waals surface area contributed by atoms with Crippen molar-refractivity contribution in [1.29, 1.82) is 0 Å². The summed E-state index contributed by atoms with van der Waals surface area (Å²) in [5, 5.41) is 0. The largest absolute Gasteiger partial charge is 0.0625 e. The zero-order valence-corrected chi connectivity index (χ0v) is 30.2. The van der Waals surface area contributed by atoms with Gasteiger partial charge in [0.1, 0.15) is 0 Å². The molecular weight excluding hydrogens is 480 g/mol. The van der Waals surface area contributed by atoms with Crippen LogP contribution in [0.3, 0.4) is 0 Å². The molecule has 4 aliphatic carbocycles. The van der Waals surface area contributed by atoms with Gasteiger partial charge in [0.15, 0.2) is 0 Å². The molecule has 0 radical (unpaired) electrons. The first-order valence-corrected chi connectivity index (χ1v) is 18.8. The van der Waals surface area contributed by atoms with E-state index in [2.05, 4.69) is 83.1 Å². The van der Waals surface area contributed by atoms with E-state index in [0.717, 1.165) is 71.0 Å². The van der Waals surface area contributed by atoms with E-state index in [1.165, 1.54) is 103 Å². The van der Waals surface area contributed by atoms with Crippen LogP contribution >= 0.6 is 0 Å². The Labute approximate surface area is 256 Å². The normalized spacial score (nSPS) is 34.8. The summed E-state index contributed by atoms with van der Waals surface area (Å²) in [5.74, 6) is 11.8. The molecule has 0 aromatic rings. The molecule has 40 heavy (non-hydrogen) atoms. The molecule has 0 aromatic heterocycles. The zero-order chi connectivity index (χ0) is 30.2. The Balaban J connectivity index is 0.000000267. The first kappa shape index (κ1) is 38.0. The van der Waals surface area contributed by atoms with Crippen molar-refractivity contribution in [2.45, 2.75) is 186 Å². The van der Waals surface area contributed by atoms with E-state index >= 15 is 0 Å². The average Bonchev–Trinajstić information content (AvgIpc) is 2.90. The molecule has 0 aromatic carbocycles. The van der Waals surface area contributed by atoms with Gasteiger partial charge in [0, 0.05) is 0 Å². The van der Waals surface area contributed by atoms with Crippen molar-refractivity contribution in [3.63, 3.8) is 0 Å². The third kappa shape index (κ3) is 16.6. The minimum Gasteiger partial charge on any atom is -0.0625 e. The Kier molecular flexibility index (Phi) is 19.8. The number of hydrogen-bond donors (Lipinski definition) is 0. The molecule has 0 saturated heterocycles. The smallest absolute Gasteiger partial charge is 0.0389 e. The lowest BCUT2D eigenvalue weighted by molar-refractivity contribution is 0.226. The molecule has 0 heteroatoms. The molecule has 0 heterocycles. The molecule has 0 amide bonds. The lowest BCUT2D eigenvalue weighted by Gasteiger charge is -2.29. The maximum atomic E-state index is 2.40. The van der Waals surface area contributed by atoms with Crippen LogP contribution in [0.15, 0.2) is 0 Å². The molecule has 4 aliphatic rings. The Hall–Kier alpha value is 0. The quantitative estimate of drug-likeness (QED) is 0.321. The van der Waals surface area contributed by atoms with E-state index in [0.29, 0.717) is 0 Å². The molecule has 4 saturated carbocycles. The van der Waals surface area contributed by atoms with Gasteiger partial charge in [-0.25, -0.2) is 0 Å². The van der Waals surface area contributed by atoms with Crippen molar-refractivity contribution in [3.05, 3.63) is 0 Å². The second-order valence-corrected chi connectivity index (χ2v) is 17.1. The topological polar surface area (TPSA) is 0 Å². The van der Waals surface area contributed by atoms with Gasteiger partial charge in [0.05, 0.1) is 0 Å². The highest BCUT2D eigenvalue weighted by Gasteiger charge is 2.23. The second kappa shape index (κ2) is 20.8. The van der Waals surface area contributed by atoms with E-state index in [1.54, 1.807) is 0 Å². The highest BCUT2D eigenvalue weighted by atomic mass is 14.3. The standard InChI is InChI=1S/4C10H20/c4*1-8(2)10-6-4-5-9(3)7-10/h4*8-10H,4-7H2,1-3H3/t2*9-,10+;2*9-,10-/m1010/s1. The molecule has 8 atom stereocenters. The van der Waals surface area contributed by atoms with Crippen LogP contribution in [0.4, 0.5) is 0 Å². The van der Waals surface area contributed by atoms with E-state index in [9.17, 15) is 0 Å². The monoisotopic (exact) mass is 561 g/mol. The summed E-state index contributed by atoms with van der Waals surface area (Å²) < 4.78 is 0. The van der Waals surface area contributed by atoms with Crippen LogP contribution in [0, 0.1) is 71.0 Å².